The van der Waals surface area contributed by atoms with Gasteiger partial charge in [-0.25, -0.2) is 27.6 Å². The van der Waals surface area contributed by atoms with Crippen LogP contribution in [0.2, 0.25) is 0 Å². The molecule has 46 heavy (non-hydrogen) atoms. The summed E-state index contributed by atoms with van der Waals surface area (Å²) in [6.45, 7) is 2.92. The number of aromatic nitrogens is 2. The van der Waals surface area contributed by atoms with Crippen LogP contribution in [0, 0.1) is 0 Å². The molecular weight excluding hydrogens is 652 g/mol. The fourth-order valence-electron chi connectivity index (χ4n) is 4.67. The summed E-state index contributed by atoms with van der Waals surface area (Å²) in [5.41, 5.74) is 1.08. The van der Waals surface area contributed by atoms with Crippen LogP contribution in [-0.4, -0.2) is 87.1 Å². The Labute approximate surface area is 260 Å². The van der Waals surface area contributed by atoms with Crippen molar-refractivity contribution >= 4 is 77.4 Å². The summed E-state index contributed by atoms with van der Waals surface area (Å²) in [5, 5.41) is 21.1. The molecule has 2 fully saturated rings. The highest BCUT2D eigenvalue weighted by atomic mass is 32.2. The number of anilines is 2. The van der Waals surface area contributed by atoms with Gasteiger partial charge in [0.2, 0.25) is 0 Å². The van der Waals surface area contributed by atoms with Crippen LogP contribution in [0.3, 0.4) is 0 Å². The van der Waals surface area contributed by atoms with Crippen LogP contribution in [0.1, 0.15) is 34.8 Å². The number of nitrogens with one attached hydrogen (secondary N) is 4. The number of fused-ring (bicyclic) bond motifs is 2. The number of esters is 2. The lowest BCUT2D eigenvalue weighted by Gasteiger charge is -2.16. The lowest BCUT2D eigenvalue weighted by Crippen LogP contribution is -2.29. The number of carbonyl (C=O) groups is 4. The number of phenolic OH excluding ortho intramolecular Hbond substituents is 2. The van der Waals surface area contributed by atoms with Crippen LogP contribution >= 0.6 is 0 Å². The second kappa shape index (κ2) is 11.8. The predicted octanol–water partition coefficient (Wildman–Crippen LogP) is 0.462. The van der Waals surface area contributed by atoms with Crippen LogP contribution in [0.5, 0.6) is 11.5 Å². The van der Waals surface area contributed by atoms with Crippen molar-refractivity contribution in [3.05, 3.63) is 47.8 Å². The molecule has 2 aromatic heterocycles. The predicted molar refractivity (Wildman–Crippen MR) is 161 cm³/mol. The SMILES string of the molecule is CCOC(=O)c1cc2cc(O)c(N3CC(=O)NS3(=O)=O)cc2[nH]1.CCOC(=O)c1cc2cc(O)c(N3CC(=O)NS3(=O)=O)cc2[nH]1. The molecule has 0 saturated carbocycles. The van der Waals surface area contributed by atoms with Crippen LogP contribution in [-0.2, 0) is 39.5 Å². The normalized spacial score (nSPS) is 16.6. The number of benzene rings is 2. The topological polar surface area (TPSA) is 258 Å². The van der Waals surface area contributed by atoms with Gasteiger partial charge in [-0.2, -0.15) is 16.8 Å². The van der Waals surface area contributed by atoms with Gasteiger partial charge in [0, 0.05) is 21.8 Å². The number of nitrogens with zero attached hydrogens (tertiary/aromatic N) is 2. The lowest BCUT2D eigenvalue weighted by atomic mass is 10.2. The van der Waals surface area contributed by atoms with E-state index in [1.54, 1.807) is 13.8 Å². The largest absolute Gasteiger partial charge is 0.506 e. The van der Waals surface area contributed by atoms with Crippen molar-refractivity contribution in [1.29, 1.82) is 0 Å². The van der Waals surface area contributed by atoms with E-state index in [0.717, 1.165) is 8.61 Å². The Morgan fingerprint density at radius 2 is 1.07 bits per heavy atom. The van der Waals surface area contributed by atoms with E-state index in [0.29, 0.717) is 21.8 Å². The maximum Gasteiger partial charge on any atom is 0.354 e. The van der Waals surface area contributed by atoms with Gasteiger partial charge in [-0.15, -0.1) is 0 Å². The first-order valence-corrected chi connectivity index (χ1v) is 16.2. The molecule has 2 aromatic carbocycles. The number of amides is 2. The first-order chi connectivity index (χ1) is 21.6. The summed E-state index contributed by atoms with van der Waals surface area (Å²) in [5.74, 6) is -3.16. The van der Waals surface area contributed by atoms with Crippen LogP contribution in [0.15, 0.2) is 36.4 Å². The number of aromatic amines is 2. The zero-order valence-corrected chi connectivity index (χ0v) is 25.6. The summed E-state index contributed by atoms with van der Waals surface area (Å²) >= 11 is 0. The summed E-state index contributed by atoms with van der Waals surface area (Å²) in [6.07, 6.45) is 0. The highest BCUT2D eigenvalue weighted by Crippen LogP contribution is 2.36. The first kappa shape index (κ1) is 31.9. The number of rotatable bonds is 6. The van der Waals surface area contributed by atoms with Crippen molar-refractivity contribution < 1.29 is 55.7 Å². The molecule has 6 N–H and O–H groups in total. The molecule has 18 nitrogen and oxygen atoms in total. The van der Waals surface area contributed by atoms with E-state index >= 15 is 0 Å². The molecule has 0 aliphatic carbocycles. The minimum atomic E-state index is -4.03. The maximum atomic E-state index is 11.9. The number of H-pyrrole nitrogens is 2. The van der Waals surface area contributed by atoms with Crippen molar-refractivity contribution in [2.75, 3.05) is 34.9 Å². The third-order valence-electron chi connectivity index (χ3n) is 6.60. The van der Waals surface area contributed by atoms with Gasteiger partial charge < -0.3 is 29.7 Å². The van der Waals surface area contributed by atoms with Gasteiger partial charge in [-0.3, -0.25) is 9.59 Å². The van der Waals surface area contributed by atoms with E-state index in [4.69, 9.17) is 9.47 Å². The molecule has 244 valence electrons. The minimum Gasteiger partial charge on any atom is -0.506 e. The summed E-state index contributed by atoms with van der Waals surface area (Å²) in [6, 6.07) is 8.29. The molecule has 0 atom stereocenters. The number of aromatic hydroxyl groups is 2. The molecule has 4 heterocycles. The Hall–Kier alpha value is -5.50. The first-order valence-electron chi connectivity index (χ1n) is 13.4. The van der Waals surface area contributed by atoms with Crippen LogP contribution in [0.4, 0.5) is 11.4 Å². The Bertz CT molecular complexity index is 1990. The third-order valence-corrected chi connectivity index (χ3v) is 9.38. The molecule has 20 heteroatoms. The standard InChI is InChI=1S/2C13H13N3O6S/c2*1-2-22-13(19)9-3-7-4-11(17)10(5-8(7)14-9)16-6-12(18)15-23(16,20)21/h2*3-5,14,17H,2,6H2,1H3,(H,15,18). The molecule has 2 aliphatic rings. The van der Waals surface area contributed by atoms with Gasteiger partial charge in [0.15, 0.2) is 0 Å². The Morgan fingerprint density at radius 1 is 0.696 bits per heavy atom. The molecule has 0 spiro atoms. The highest BCUT2D eigenvalue weighted by Gasteiger charge is 2.37. The van der Waals surface area contributed by atoms with E-state index in [2.05, 4.69) is 9.97 Å². The molecule has 2 amide bonds. The van der Waals surface area contributed by atoms with Gasteiger partial charge in [-0.1, -0.05) is 0 Å². The van der Waals surface area contributed by atoms with E-state index in [1.807, 2.05) is 9.44 Å². The zero-order chi connectivity index (χ0) is 33.6. The molecule has 0 bridgehead atoms. The minimum absolute atomic E-state index is 0.0619. The van der Waals surface area contributed by atoms with E-state index in [-0.39, 0.29) is 47.5 Å². The Kier molecular flexibility index (Phi) is 8.17. The molecule has 2 aliphatic heterocycles. The Morgan fingerprint density at radius 3 is 1.37 bits per heavy atom. The monoisotopic (exact) mass is 678 g/mol. The fourth-order valence-corrected chi connectivity index (χ4v) is 6.98. The molecule has 0 unspecified atom stereocenters. The summed E-state index contributed by atoms with van der Waals surface area (Å²) in [7, 11) is -8.06. The summed E-state index contributed by atoms with van der Waals surface area (Å²) in [4.78, 5) is 51.6. The summed E-state index contributed by atoms with van der Waals surface area (Å²) < 4.78 is 62.3. The fraction of sp³-hybridized carbons (Fsp3) is 0.231. The number of carbonyl (C=O) groups excluding carboxylic acids is 4. The van der Waals surface area contributed by atoms with E-state index in [1.165, 1.54) is 36.4 Å². The van der Waals surface area contributed by atoms with Crippen molar-refractivity contribution in [1.82, 2.24) is 19.4 Å². The van der Waals surface area contributed by atoms with Crippen molar-refractivity contribution in [3.63, 3.8) is 0 Å². The zero-order valence-electron chi connectivity index (χ0n) is 24.0. The van der Waals surface area contributed by atoms with Gasteiger partial charge >= 0.3 is 32.4 Å². The molecule has 4 aromatic rings. The van der Waals surface area contributed by atoms with Crippen LogP contribution < -0.4 is 18.1 Å². The van der Waals surface area contributed by atoms with Gasteiger partial charge in [0.1, 0.15) is 36.0 Å². The van der Waals surface area contributed by atoms with Crippen molar-refractivity contribution in [3.8, 4) is 11.5 Å². The third kappa shape index (κ3) is 6.06. The maximum absolute atomic E-state index is 11.9. The number of phenols is 2. The molecule has 6 rings (SSSR count). The number of ether oxygens (including phenoxy) is 2. The van der Waals surface area contributed by atoms with Crippen molar-refractivity contribution in [2.45, 2.75) is 13.8 Å². The second-order valence-electron chi connectivity index (χ2n) is 9.74. The number of hydrogen-bond acceptors (Lipinski definition) is 12. The lowest BCUT2D eigenvalue weighted by molar-refractivity contribution is -0.118. The van der Waals surface area contributed by atoms with Crippen molar-refractivity contribution in [2.24, 2.45) is 0 Å². The average Bonchev–Trinajstić information content (AvgIpc) is 3.70. The van der Waals surface area contributed by atoms with E-state index < -0.39 is 57.3 Å². The Balaban J connectivity index is 0.000000181. The molecular formula is C26H26N6O12S2. The molecule has 2 saturated heterocycles. The highest BCUT2D eigenvalue weighted by molar-refractivity contribution is 7.92. The quantitative estimate of drug-likeness (QED) is 0.152. The average molecular weight is 679 g/mol. The second-order valence-corrected chi connectivity index (χ2v) is 12.9. The molecule has 0 radical (unpaired) electrons. The van der Waals surface area contributed by atoms with Gasteiger partial charge in [0.25, 0.3) is 11.8 Å². The van der Waals surface area contributed by atoms with Gasteiger partial charge in [-0.05, 0) is 50.2 Å². The smallest absolute Gasteiger partial charge is 0.354 e. The number of hydrogen-bond donors (Lipinski definition) is 6. The van der Waals surface area contributed by atoms with E-state index in [9.17, 15) is 46.2 Å². The van der Waals surface area contributed by atoms with Crippen LogP contribution in [0.25, 0.3) is 21.8 Å². The van der Waals surface area contributed by atoms with Gasteiger partial charge in [0.05, 0.1) is 24.6 Å².